The number of anilines is 1. The molecule has 4 aromatic carbocycles. The van der Waals surface area contributed by atoms with Gasteiger partial charge in [-0.15, -0.1) is 15.3 Å². The van der Waals surface area contributed by atoms with E-state index in [2.05, 4.69) is 25.8 Å². The largest absolute Gasteiger partial charge is 0.506 e. The van der Waals surface area contributed by atoms with Crippen LogP contribution >= 0.6 is 0 Å². The molecule has 0 radical (unpaired) electrons. The first-order valence-corrected chi connectivity index (χ1v) is 16.1. The van der Waals surface area contributed by atoms with Crippen molar-refractivity contribution in [3.05, 3.63) is 66.7 Å². The van der Waals surface area contributed by atoms with Crippen LogP contribution in [0.25, 0.3) is 10.8 Å². The van der Waals surface area contributed by atoms with Gasteiger partial charge in [0, 0.05) is 17.3 Å². The minimum absolute atomic E-state index is 0.00192. The third kappa shape index (κ3) is 6.36. The van der Waals surface area contributed by atoms with E-state index in [4.69, 9.17) is 0 Å². The quantitative estimate of drug-likeness (QED) is 0.164. The topological polar surface area (TPSA) is 170 Å². The SMILES string of the molecule is CCNc1ccc2c(O)c(N=Nc3cc(S(=O)(=O)CC)ccc3O)ccc2c1N=Nc1ccc(S(=O)(=O)CC)cc1. The Labute approximate surface area is 238 Å². The second kappa shape index (κ2) is 12.0. The lowest BCUT2D eigenvalue weighted by Crippen LogP contribution is -2.02. The molecule has 0 spiro atoms. The Bertz CT molecular complexity index is 1870. The average Bonchev–Trinajstić information content (AvgIpc) is 2.97. The van der Waals surface area contributed by atoms with Gasteiger partial charge in [-0.3, -0.25) is 0 Å². The van der Waals surface area contributed by atoms with Crippen molar-refractivity contribution in [3.63, 3.8) is 0 Å². The summed E-state index contributed by atoms with van der Waals surface area (Å²) in [5.74, 6) is -0.575. The molecular weight excluding hydrogens is 566 g/mol. The summed E-state index contributed by atoms with van der Waals surface area (Å²) < 4.78 is 48.6. The zero-order valence-electron chi connectivity index (χ0n) is 22.6. The van der Waals surface area contributed by atoms with Crippen molar-refractivity contribution in [3.8, 4) is 11.5 Å². The van der Waals surface area contributed by atoms with E-state index in [0.29, 0.717) is 34.4 Å². The van der Waals surface area contributed by atoms with Crippen molar-refractivity contribution in [2.75, 3.05) is 23.4 Å². The van der Waals surface area contributed by atoms with Crippen LogP contribution < -0.4 is 5.32 Å². The van der Waals surface area contributed by atoms with E-state index in [-0.39, 0.29) is 44.2 Å². The molecule has 0 fully saturated rings. The maximum Gasteiger partial charge on any atom is 0.178 e. The van der Waals surface area contributed by atoms with E-state index in [0.717, 1.165) is 0 Å². The summed E-state index contributed by atoms with van der Waals surface area (Å²) in [7, 11) is -6.86. The molecule has 4 rings (SSSR count). The second-order valence-electron chi connectivity index (χ2n) is 8.87. The molecule has 0 aromatic heterocycles. The highest BCUT2D eigenvalue weighted by Crippen LogP contribution is 2.43. The first-order valence-electron chi connectivity index (χ1n) is 12.7. The smallest absolute Gasteiger partial charge is 0.178 e. The van der Waals surface area contributed by atoms with Crippen LogP contribution in [0.4, 0.5) is 28.4 Å². The molecule has 3 N–H and O–H groups in total. The van der Waals surface area contributed by atoms with Crippen molar-refractivity contribution in [2.24, 2.45) is 20.5 Å². The van der Waals surface area contributed by atoms with Gasteiger partial charge >= 0.3 is 0 Å². The molecule has 0 aliphatic rings. The molecule has 0 amide bonds. The fraction of sp³-hybridized carbons (Fsp3) is 0.214. The average molecular weight is 596 g/mol. The van der Waals surface area contributed by atoms with Gasteiger partial charge in [0.25, 0.3) is 0 Å². The highest BCUT2D eigenvalue weighted by Gasteiger charge is 2.16. The van der Waals surface area contributed by atoms with Crippen LogP contribution in [-0.4, -0.2) is 45.1 Å². The molecule has 0 unspecified atom stereocenters. The van der Waals surface area contributed by atoms with Gasteiger partial charge < -0.3 is 15.5 Å². The van der Waals surface area contributed by atoms with Crippen LogP contribution in [0.5, 0.6) is 11.5 Å². The number of fused-ring (bicyclic) bond motifs is 1. The number of nitrogens with zero attached hydrogens (tertiary/aromatic N) is 4. The fourth-order valence-electron chi connectivity index (χ4n) is 3.93. The number of hydrogen-bond donors (Lipinski definition) is 3. The standard InChI is InChI=1S/C28H29N5O6S2/c1-4-29-23-14-13-22-21(27(23)33-30-18-7-9-19(10-8-18)40(36,37)5-2)12-15-24(28(22)35)31-32-25-17-20(11-16-26(25)34)41(38,39)6-3/h7-17,29,34-35H,4-6H2,1-3H3. The molecule has 0 aliphatic carbocycles. The van der Waals surface area contributed by atoms with E-state index >= 15 is 0 Å². The molecule has 13 heteroatoms. The Kier molecular flexibility index (Phi) is 8.69. The van der Waals surface area contributed by atoms with Crippen molar-refractivity contribution < 1.29 is 27.0 Å². The molecule has 0 bridgehead atoms. The normalized spacial score (nSPS) is 12.5. The number of sulfone groups is 2. The summed E-state index contributed by atoms with van der Waals surface area (Å²) in [5, 5.41) is 42.1. The summed E-state index contributed by atoms with van der Waals surface area (Å²) in [6.07, 6.45) is 0. The number of hydrogen-bond acceptors (Lipinski definition) is 11. The monoisotopic (exact) mass is 595 g/mol. The minimum Gasteiger partial charge on any atom is -0.506 e. The first-order chi connectivity index (χ1) is 19.5. The van der Waals surface area contributed by atoms with Gasteiger partial charge in [-0.25, -0.2) is 16.8 Å². The highest BCUT2D eigenvalue weighted by molar-refractivity contribution is 7.91. The lowest BCUT2D eigenvalue weighted by atomic mass is 10.1. The van der Waals surface area contributed by atoms with Crippen LogP contribution in [0.15, 0.2) is 97.0 Å². The van der Waals surface area contributed by atoms with Gasteiger partial charge in [0.05, 0.1) is 32.7 Å². The first kappa shape index (κ1) is 29.6. The molecule has 0 atom stereocenters. The van der Waals surface area contributed by atoms with Crippen LogP contribution in [0.3, 0.4) is 0 Å². The molecular formula is C28H29N5O6S2. The van der Waals surface area contributed by atoms with E-state index in [9.17, 15) is 27.0 Å². The fourth-order valence-corrected chi connectivity index (χ4v) is 5.71. The summed E-state index contributed by atoms with van der Waals surface area (Å²) >= 11 is 0. The third-order valence-electron chi connectivity index (χ3n) is 6.28. The van der Waals surface area contributed by atoms with Crippen LogP contribution in [0, 0.1) is 0 Å². The third-order valence-corrected chi connectivity index (χ3v) is 9.77. The van der Waals surface area contributed by atoms with Crippen molar-refractivity contribution in [1.29, 1.82) is 0 Å². The number of phenolic OH excluding ortho intramolecular Hbond substituents is 2. The van der Waals surface area contributed by atoms with Gasteiger partial charge in [0.2, 0.25) is 0 Å². The highest BCUT2D eigenvalue weighted by atomic mass is 32.2. The predicted molar refractivity (Wildman–Crippen MR) is 158 cm³/mol. The molecule has 0 heterocycles. The van der Waals surface area contributed by atoms with Gasteiger partial charge in [-0.1, -0.05) is 13.8 Å². The van der Waals surface area contributed by atoms with Gasteiger partial charge in [-0.05, 0) is 73.7 Å². The maximum atomic E-state index is 12.2. The van der Waals surface area contributed by atoms with E-state index in [1.54, 1.807) is 37.3 Å². The number of benzene rings is 4. The zero-order chi connectivity index (χ0) is 29.8. The summed E-state index contributed by atoms with van der Waals surface area (Å²) in [4.78, 5) is 0.207. The molecule has 41 heavy (non-hydrogen) atoms. The molecule has 0 saturated heterocycles. The Morgan fingerprint density at radius 1 is 0.659 bits per heavy atom. The van der Waals surface area contributed by atoms with E-state index in [1.807, 2.05) is 6.92 Å². The van der Waals surface area contributed by atoms with Crippen LogP contribution in [0.2, 0.25) is 0 Å². The Hall–Kier alpha value is -4.36. The number of rotatable bonds is 10. The Morgan fingerprint density at radius 3 is 1.93 bits per heavy atom. The number of azo groups is 2. The Balaban J connectivity index is 1.73. The van der Waals surface area contributed by atoms with E-state index < -0.39 is 19.7 Å². The predicted octanol–water partition coefficient (Wildman–Crippen LogP) is 7.10. The van der Waals surface area contributed by atoms with Crippen molar-refractivity contribution in [2.45, 2.75) is 30.6 Å². The number of phenols is 2. The minimum atomic E-state index is -3.52. The second-order valence-corrected chi connectivity index (χ2v) is 13.4. The molecule has 0 aliphatic heterocycles. The van der Waals surface area contributed by atoms with Gasteiger partial charge in [0.15, 0.2) is 25.4 Å². The van der Waals surface area contributed by atoms with Crippen molar-refractivity contribution >= 4 is 58.9 Å². The summed E-state index contributed by atoms with van der Waals surface area (Å²) in [5.41, 5.74) is 1.59. The summed E-state index contributed by atoms with van der Waals surface area (Å²) in [6.45, 7) is 5.62. The maximum absolute atomic E-state index is 12.2. The van der Waals surface area contributed by atoms with Gasteiger partial charge in [-0.2, -0.15) is 5.11 Å². The lowest BCUT2D eigenvalue weighted by Gasteiger charge is -2.11. The van der Waals surface area contributed by atoms with Crippen LogP contribution in [0.1, 0.15) is 20.8 Å². The Morgan fingerprint density at radius 2 is 1.27 bits per heavy atom. The van der Waals surface area contributed by atoms with Gasteiger partial charge in [0.1, 0.15) is 22.8 Å². The number of nitrogens with one attached hydrogen (secondary N) is 1. The zero-order valence-corrected chi connectivity index (χ0v) is 24.2. The molecule has 4 aromatic rings. The lowest BCUT2D eigenvalue weighted by molar-refractivity contribution is 0.475. The van der Waals surface area contributed by atoms with Crippen molar-refractivity contribution in [1.82, 2.24) is 0 Å². The van der Waals surface area contributed by atoms with Crippen LogP contribution in [-0.2, 0) is 19.7 Å². The molecule has 0 saturated carbocycles. The molecule has 11 nitrogen and oxygen atoms in total. The summed E-state index contributed by atoms with van der Waals surface area (Å²) in [6, 6.07) is 16.5. The molecule has 214 valence electrons. The number of aromatic hydroxyl groups is 2. The van der Waals surface area contributed by atoms with E-state index in [1.165, 1.54) is 43.3 Å².